The second kappa shape index (κ2) is 9.11. The number of carbonyl (C=O) groups is 1. The van der Waals surface area contributed by atoms with Crippen molar-refractivity contribution < 1.29 is 14.3 Å². The minimum Gasteiger partial charge on any atom is -0.493 e. The van der Waals surface area contributed by atoms with Gasteiger partial charge in [-0.2, -0.15) is 5.26 Å². The number of hydrogen-bond donors (Lipinski definition) is 0. The average molecular weight is 421 g/mol. The third kappa shape index (κ3) is 4.21. The number of benzene rings is 2. The Bertz CT molecular complexity index is 1040. The summed E-state index contributed by atoms with van der Waals surface area (Å²) in [6.45, 7) is 2.66. The number of aryl methyl sites for hydroxylation is 1. The van der Waals surface area contributed by atoms with Crippen LogP contribution in [0.2, 0.25) is 0 Å². The van der Waals surface area contributed by atoms with E-state index in [4.69, 9.17) is 9.47 Å². The maximum atomic E-state index is 13.1. The van der Waals surface area contributed by atoms with E-state index in [-0.39, 0.29) is 17.9 Å². The number of nitrogens with zero attached hydrogens (tertiary/aromatic N) is 4. The fourth-order valence-corrected chi connectivity index (χ4v) is 3.92. The molecular formula is C24H28N4O3. The van der Waals surface area contributed by atoms with Gasteiger partial charge in [-0.25, -0.2) is 0 Å². The number of rotatable bonds is 7. The lowest BCUT2D eigenvalue weighted by Crippen LogP contribution is -2.31. The molecule has 0 aliphatic carbocycles. The maximum absolute atomic E-state index is 13.1. The quantitative estimate of drug-likeness (QED) is 0.503. The van der Waals surface area contributed by atoms with Crippen LogP contribution >= 0.6 is 0 Å². The summed E-state index contributed by atoms with van der Waals surface area (Å²) in [6, 6.07) is 13.8. The first-order chi connectivity index (χ1) is 14.8. The molecule has 0 N–H and O–H groups in total. The summed E-state index contributed by atoms with van der Waals surface area (Å²) >= 11 is 0. The molecule has 0 saturated carbocycles. The Labute approximate surface area is 183 Å². The summed E-state index contributed by atoms with van der Waals surface area (Å²) in [5.41, 5.74) is 4.16. The van der Waals surface area contributed by atoms with E-state index in [2.05, 4.69) is 6.07 Å². The molecule has 0 unspecified atom stereocenters. The molecule has 1 aliphatic heterocycles. The second-order valence-electron chi connectivity index (χ2n) is 7.65. The van der Waals surface area contributed by atoms with Crippen LogP contribution in [0.1, 0.15) is 11.1 Å². The van der Waals surface area contributed by atoms with Crippen LogP contribution in [0.25, 0.3) is 0 Å². The van der Waals surface area contributed by atoms with E-state index < -0.39 is 0 Å². The lowest BCUT2D eigenvalue weighted by Gasteiger charge is -2.22. The molecule has 2 aromatic carbocycles. The van der Waals surface area contributed by atoms with Crippen molar-refractivity contribution in [2.45, 2.75) is 13.5 Å². The van der Waals surface area contributed by atoms with Gasteiger partial charge in [-0.3, -0.25) is 9.69 Å². The SMILES string of the molecule is COc1cc(C)c(CN(C)CC(=O)C(C#N)=C2N(C)c3ccccc3N2C)cc1OC. The highest BCUT2D eigenvalue weighted by Gasteiger charge is 2.31. The number of fused-ring (bicyclic) bond motifs is 1. The first kappa shape index (κ1) is 22.2. The third-order valence-electron chi connectivity index (χ3n) is 5.55. The van der Waals surface area contributed by atoms with E-state index in [0.29, 0.717) is 23.9 Å². The lowest BCUT2D eigenvalue weighted by molar-refractivity contribution is -0.116. The Kier molecular flexibility index (Phi) is 6.52. The first-order valence-electron chi connectivity index (χ1n) is 9.96. The van der Waals surface area contributed by atoms with E-state index in [1.54, 1.807) is 14.2 Å². The predicted molar refractivity (Wildman–Crippen MR) is 122 cm³/mol. The van der Waals surface area contributed by atoms with E-state index >= 15 is 0 Å². The van der Waals surface area contributed by atoms with Crippen molar-refractivity contribution in [3.05, 3.63) is 58.9 Å². The number of carbonyl (C=O) groups excluding carboxylic acids is 1. The van der Waals surface area contributed by atoms with Crippen LogP contribution in [-0.4, -0.2) is 52.6 Å². The Hall–Kier alpha value is -3.50. The normalized spacial score (nSPS) is 12.6. The number of methoxy groups -OCH3 is 2. The summed E-state index contributed by atoms with van der Waals surface area (Å²) in [5, 5.41) is 9.81. The van der Waals surface area contributed by atoms with Crippen LogP contribution in [0.4, 0.5) is 11.4 Å². The van der Waals surface area contributed by atoms with Crippen molar-refractivity contribution in [2.24, 2.45) is 0 Å². The number of ether oxygens (including phenoxy) is 2. The van der Waals surface area contributed by atoms with Crippen LogP contribution in [-0.2, 0) is 11.3 Å². The van der Waals surface area contributed by atoms with E-state index in [1.807, 2.05) is 79.2 Å². The van der Waals surface area contributed by atoms with Crippen LogP contribution < -0.4 is 19.3 Å². The minimum absolute atomic E-state index is 0.123. The molecule has 0 atom stereocenters. The van der Waals surface area contributed by atoms with Crippen molar-refractivity contribution in [2.75, 3.05) is 51.7 Å². The highest BCUT2D eigenvalue weighted by atomic mass is 16.5. The van der Waals surface area contributed by atoms with Crippen LogP contribution in [0.5, 0.6) is 11.5 Å². The number of anilines is 2. The van der Waals surface area contributed by atoms with E-state index in [9.17, 15) is 10.1 Å². The highest BCUT2D eigenvalue weighted by Crippen LogP contribution is 2.40. The molecule has 0 fully saturated rings. The van der Waals surface area contributed by atoms with Crippen molar-refractivity contribution in [1.82, 2.24) is 4.90 Å². The molecule has 3 rings (SSSR count). The van der Waals surface area contributed by atoms with Crippen molar-refractivity contribution in [3.63, 3.8) is 0 Å². The van der Waals surface area contributed by atoms with E-state index in [1.165, 1.54) is 0 Å². The number of ketones is 1. The molecule has 0 bridgehead atoms. The van der Waals surface area contributed by atoms with Crippen LogP contribution in [0.15, 0.2) is 47.8 Å². The van der Waals surface area contributed by atoms with E-state index in [0.717, 1.165) is 22.5 Å². The molecule has 2 aromatic rings. The lowest BCUT2D eigenvalue weighted by atomic mass is 10.1. The van der Waals surface area contributed by atoms with Crippen LogP contribution in [0.3, 0.4) is 0 Å². The monoisotopic (exact) mass is 420 g/mol. The van der Waals surface area contributed by atoms with Crippen molar-refractivity contribution >= 4 is 17.2 Å². The summed E-state index contributed by atoms with van der Waals surface area (Å²) in [7, 11) is 8.82. The Morgan fingerprint density at radius 1 is 1.06 bits per heavy atom. The van der Waals surface area contributed by atoms with Crippen molar-refractivity contribution in [1.29, 1.82) is 5.26 Å². The topological polar surface area (TPSA) is 69.0 Å². The molecule has 0 radical (unpaired) electrons. The highest BCUT2D eigenvalue weighted by molar-refractivity contribution is 6.03. The van der Waals surface area contributed by atoms with Gasteiger partial charge in [-0.05, 0) is 49.4 Å². The zero-order chi connectivity index (χ0) is 22.7. The fourth-order valence-electron chi connectivity index (χ4n) is 3.92. The van der Waals surface area contributed by atoms with Gasteiger partial charge in [-0.1, -0.05) is 12.1 Å². The molecule has 0 spiro atoms. The van der Waals surface area contributed by atoms with Gasteiger partial charge in [0.2, 0.25) is 0 Å². The molecule has 0 aromatic heterocycles. The summed E-state index contributed by atoms with van der Waals surface area (Å²) in [6.07, 6.45) is 0. The average Bonchev–Trinajstić information content (AvgIpc) is 3.01. The zero-order valence-electron chi connectivity index (χ0n) is 18.9. The summed E-state index contributed by atoms with van der Waals surface area (Å²) in [4.78, 5) is 18.8. The molecule has 0 saturated heterocycles. The number of para-hydroxylation sites is 2. The Morgan fingerprint density at radius 2 is 1.61 bits per heavy atom. The largest absolute Gasteiger partial charge is 0.493 e. The first-order valence-corrected chi connectivity index (χ1v) is 9.96. The smallest absolute Gasteiger partial charge is 0.191 e. The Morgan fingerprint density at radius 3 is 2.13 bits per heavy atom. The van der Waals surface area contributed by atoms with Gasteiger partial charge < -0.3 is 19.3 Å². The predicted octanol–water partition coefficient (Wildman–Crippen LogP) is 3.33. The summed E-state index contributed by atoms with van der Waals surface area (Å²) < 4.78 is 10.7. The molecule has 0 amide bonds. The van der Waals surface area contributed by atoms with Gasteiger partial charge in [0.15, 0.2) is 17.3 Å². The molecule has 1 aliphatic rings. The van der Waals surface area contributed by atoms with Crippen molar-refractivity contribution in [3.8, 4) is 17.6 Å². The molecule has 7 heteroatoms. The number of nitriles is 1. The van der Waals surface area contributed by atoms with Gasteiger partial charge >= 0.3 is 0 Å². The zero-order valence-corrected chi connectivity index (χ0v) is 18.9. The second-order valence-corrected chi connectivity index (χ2v) is 7.65. The molecule has 7 nitrogen and oxygen atoms in total. The number of likely N-dealkylation sites (N-methyl/N-ethyl adjacent to an activating group) is 1. The van der Waals surface area contributed by atoms with Gasteiger partial charge in [0, 0.05) is 20.6 Å². The molecule has 162 valence electrons. The molecule has 1 heterocycles. The third-order valence-corrected chi connectivity index (χ3v) is 5.55. The van der Waals surface area contributed by atoms with Gasteiger partial charge in [0.25, 0.3) is 0 Å². The summed E-state index contributed by atoms with van der Waals surface area (Å²) in [5.74, 6) is 1.70. The van der Waals surface area contributed by atoms with Gasteiger partial charge in [0.05, 0.1) is 32.1 Å². The molecular weight excluding hydrogens is 392 g/mol. The maximum Gasteiger partial charge on any atom is 0.191 e. The number of hydrogen-bond acceptors (Lipinski definition) is 7. The van der Waals surface area contributed by atoms with Gasteiger partial charge in [0.1, 0.15) is 17.5 Å². The fraction of sp³-hybridized carbons (Fsp3) is 0.333. The van der Waals surface area contributed by atoms with Crippen LogP contribution in [0, 0.1) is 18.3 Å². The minimum atomic E-state index is -0.218. The standard InChI is InChI=1S/C24H28N4O3/c1-16-11-22(30-5)23(31-6)12-17(16)14-26(2)15-21(29)18(13-25)24-27(3)19-9-7-8-10-20(19)28(24)4/h7-12H,14-15H2,1-6H3. The number of Topliss-reactive ketones (excluding diaryl/α,β-unsaturated/α-hetero) is 1. The van der Waals surface area contributed by atoms with Gasteiger partial charge in [-0.15, -0.1) is 0 Å². The molecule has 31 heavy (non-hydrogen) atoms. The Balaban J connectivity index is 1.81.